The van der Waals surface area contributed by atoms with Crippen LogP contribution in [0.1, 0.15) is 37.7 Å². The van der Waals surface area contributed by atoms with E-state index in [2.05, 4.69) is 11.8 Å². The number of piperidine rings is 1. The van der Waals surface area contributed by atoms with Crippen LogP contribution in [0.25, 0.3) is 0 Å². The first-order chi connectivity index (χ1) is 8.20. The standard InChI is InChI=1S/C14H20FNO/c1-2-7-16-8-5-11(6-9-16)13-10-12(17)3-4-14(13)15/h3-4,10-11,17H,2,5-9H2,1H3. The number of halogens is 1. The summed E-state index contributed by atoms with van der Waals surface area (Å²) in [7, 11) is 0. The SMILES string of the molecule is CCCN1CCC(c2cc(O)ccc2F)CC1. The van der Waals surface area contributed by atoms with E-state index in [1.165, 1.54) is 18.6 Å². The Morgan fingerprint density at radius 1 is 1.35 bits per heavy atom. The third kappa shape index (κ3) is 2.97. The van der Waals surface area contributed by atoms with Gasteiger partial charge >= 0.3 is 0 Å². The van der Waals surface area contributed by atoms with E-state index in [0.29, 0.717) is 5.56 Å². The molecule has 0 radical (unpaired) electrons. The molecule has 1 fully saturated rings. The number of likely N-dealkylation sites (tertiary alicyclic amines) is 1. The Morgan fingerprint density at radius 2 is 2.06 bits per heavy atom. The van der Waals surface area contributed by atoms with Crippen LogP contribution in [0.3, 0.4) is 0 Å². The molecule has 94 valence electrons. The van der Waals surface area contributed by atoms with Crippen LogP contribution in [0.5, 0.6) is 5.75 Å². The van der Waals surface area contributed by atoms with E-state index in [1.807, 2.05) is 0 Å². The lowest BCUT2D eigenvalue weighted by atomic mass is 9.89. The molecule has 2 nitrogen and oxygen atoms in total. The third-order valence-electron chi connectivity index (χ3n) is 3.55. The van der Waals surface area contributed by atoms with Crippen molar-refractivity contribution >= 4 is 0 Å². The van der Waals surface area contributed by atoms with Crippen molar-refractivity contribution in [1.82, 2.24) is 4.90 Å². The highest BCUT2D eigenvalue weighted by atomic mass is 19.1. The van der Waals surface area contributed by atoms with Gasteiger partial charge in [-0.05, 0) is 68.6 Å². The lowest BCUT2D eigenvalue weighted by Gasteiger charge is -2.32. The van der Waals surface area contributed by atoms with Crippen molar-refractivity contribution in [1.29, 1.82) is 0 Å². The second kappa shape index (κ2) is 5.50. The molecule has 0 aromatic heterocycles. The zero-order valence-corrected chi connectivity index (χ0v) is 10.3. The minimum atomic E-state index is -0.184. The molecule has 1 aromatic carbocycles. The van der Waals surface area contributed by atoms with Crippen LogP contribution in [-0.2, 0) is 0 Å². The molecular weight excluding hydrogens is 217 g/mol. The second-order valence-corrected chi connectivity index (χ2v) is 4.82. The molecule has 1 aromatic rings. The van der Waals surface area contributed by atoms with Crippen LogP contribution in [-0.4, -0.2) is 29.6 Å². The molecule has 3 heteroatoms. The summed E-state index contributed by atoms with van der Waals surface area (Å²) in [6.07, 6.45) is 3.14. The third-order valence-corrected chi connectivity index (χ3v) is 3.55. The van der Waals surface area contributed by atoms with E-state index in [0.717, 1.165) is 32.5 Å². The molecular formula is C14H20FNO. The van der Waals surface area contributed by atoms with Crippen LogP contribution in [0.4, 0.5) is 4.39 Å². The van der Waals surface area contributed by atoms with Crippen molar-refractivity contribution in [2.75, 3.05) is 19.6 Å². The van der Waals surface area contributed by atoms with E-state index in [1.54, 1.807) is 6.07 Å². The van der Waals surface area contributed by atoms with Crippen LogP contribution in [0.2, 0.25) is 0 Å². The molecule has 0 aliphatic carbocycles. The fraction of sp³-hybridized carbons (Fsp3) is 0.571. The fourth-order valence-electron chi connectivity index (χ4n) is 2.63. The highest BCUT2D eigenvalue weighted by Gasteiger charge is 2.22. The Hall–Kier alpha value is -1.09. The number of phenols is 1. The smallest absolute Gasteiger partial charge is 0.126 e. The summed E-state index contributed by atoms with van der Waals surface area (Å²) in [4.78, 5) is 2.43. The monoisotopic (exact) mass is 237 g/mol. The molecule has 17 heavy (non-hydrogen) atoms. The van der Waals surface area contributed by atoms with Gasteiger partial charge in [0, 0.05) is 0 Å². The van der Waals surface area contributed by atoms with E-state index >= 15 is 0 Å². The average molecular weight is 237 g/mol. The summed E-state index contributed by atoms with van der Waals surface area (Å²) in [5, 5.41) is 9.43. The zero-order chi connectivity index (χ0) is 12.3. The quantitative estimate of drug-likeness (QED) is 0.873. The largest absolute Gasteiger partial charge is 0.508 e. The van der Waals surface area contributed by atoms with Gasteiger partial charge in [-0.2, -0.15) is 0 Å². The van der Waals surface area contributed by atoms with Crippen LogP contribution in [0.15, 0.2) is 18.2 Å². The molecule has 0 unspecified atom stereocenters. The van der Waals surface area contributed by atoms with Gasteiger partial charge in [-0.25, -0.2) is 4.39 Å². The van der Waals surface area contributed by atoms with Gasteiger partial charge in [-0.1, -0.05) is 6.92 Å². The number of hydrogen-bond donors (Lipinski definition) is 1. The summed E-state index contributed by atoms with van der Waals surface area (Å²) in [6, 6.07) is 4.35. The van der Waals surface area contributed by atoms with Crippen molar-refractivity contribution in [3.63, 3.8) is 0 Å². The zero-order valence-electron chi connectivity index (χ0n) is 10.3. The summed E-state index contributed by atoms with van der Waals surface area (Å²) in [5.74, 6) is 0.240. The van der Waals surface area contributed by atoms with Crippen molar-refractivity contribution < 1.29 is 9.50 Å². The van der Waals surface area contributed by atoms with Crippen molar-refractivity contribution in [3.8, 4) is 5.75 Å². The van der Waals surface area contributed by atoms with Gasteiger partial charge in [0.05, 0.1) is 0 Å². The molecule has 0 amide bonds. The van der Waals surface area contributed by atoms with Gasteiger partial charge in [-0.3, -0.25) is 0 Å². The van der Waals surface area contributed by atoms with Gasteiger partial charge in [0.2, 0.25) is 0 Å². The number of phenolic OH excluding ortho intramolecular Hbond substituents is 1. The predicted molar refractivity (Wildman–Crippen MR) is 66.8 cm³/mol. The number of aromatic hydroxyl groups is 1. The van der Waals surface area contributed by atoms with Gasteiger partial charge in [0.25, 0.3) is 0 Å². The molecule has 0 bridgehead atoms. The fourth-order valence-corrected chi connectivity index (χ4v) is 2.63. The minimum Gasteiger partial charge on any atom is -0.508 e. The van der Waals surface area contributed by atoms with Crippen LogP contribution >= 0.6 is 0 Å². The maximum Gasteiger partial charge on any atom is 0.126 e. The molecule has 1 aliphatic heterocycles. The maximum atomic E-state index is 13.7. The Bertz CT molecular complexity index is 372. The number of benzene rings is 1. The van der Waals surface area contributed by atoms with Crippen LogP contribution in [0, 0.1) is 5.82 Å². The molecule has 0 atom stereocenters. The molecule has 1 heterocycles. The van der Waals surface area contributed by atoms with Gasteiger partial charge in [-0.15, -0.1) is 0 Å². The Kier molecular flexibility index (Phi) is 4.00. The highest BCUT2D eigenvalue weighted by Crippen LogP contribution is 2.31. The topological polar surface area (TPSA) is 23.5 Å². The number of hydrogen-bond acceptors (Lipinski definition) is 2. The van der Waals surface area contributed by atoms with E-state index < -0.39 is 0 Å². The van der Waals surface area contributed by atoms with Crippen molar-refractivity contribution in [3.05, 3.63) is 29.6 Å². The molecule has 2 rings (SSSR count). The Labute approximate surface area is 102 Å². The van der Waals surface area contributed by atoms with E-state index in [9.17, 15) is 9.50 Å². The van der Waals surface area contributed by atoms with Gasteiger partial charge < -0.3 is 10.0 Å². The Morgan fingerprint density at radius 3 is 2.71 bits per heavy atom. The Balaban J connectivity index is 2.02. The number of nitrogens with zero attached hydrogens (tertiary/aromatic N) is 1. The summed E-state index contributed by atoms with van der Waals surface area (Å²) in [6.45, 7) is 5.39. The molecule has 0 spiro atoms. The normalized spacial score (nSPS) is 18.5. The summed E-state index contributed by atoms with van der Waals surface area (Å²) >= 11 is 0. The van der Waals surface area contributed by atoms with E-state index in [4.69, 9.17) is 0 Å². The molecule has 1 aliphatic rings. The van der Waals surface area contributed by atoms with Crippen LogP contribution < -0.4 is 0 Å². The minimum absolute atomic E-state index is 0.164. The predicted octanol–water partition coefficient (Wildman–Crippen LogP) is 3.12. The highest BCUT2D eigenvalue weighted by molar-refractivity contribution is 5.31. The second-order valence-electron chi connectivity index (χ2n) is 4.82. The van der Waals surface area contributed by atoms with E-state index in [-0.39, 0.29) is 17.5 Å². The van der Waals surface area contributed by atoms with Crippen molar-refractivity contribution in [2.45, 2.75) is 32.1 Å². The van der Waals surface area contributed by atoms with Gasteiger partial charge in [0.1, 0.15) is 11.6 Å². The average Bonchev–Trinajstić information content (AvgIpc) is 2.34. The number of rotatable bonds is 3. The molecule has 1 saturated heterocycles. The van der Waals surface area contributed by atoms with Crippen molar-refractivity contribution in [2.24, 2.45) is 0 Å². The lowest BCUT2D eigenvalue weighted by molar-refractivity contribution is 0.211. The maximum absolute atomic E-state index is 13.7. The first kappa shape index (κ1) is 12.4. The summed E-state index contributed by atoms with van der Waals surface area (Å²) in [5.41, 5.74) is 0.682. The first-order valence-electron chi connectivity index (χ1n) is 6.41. The summed E-state index contributed by atoms with van der Waals surface area (Å²) < 4.78 is 13.7. The first-order valence-corrected chi connectivity index (χ1v) is 6.41. The lowest BCUT2D eigenvalue weighted by Crippen LogP contribution is -2.33. The molecule has 1 N–H and O–H groups in total. The van der Waals surface area contributed by atoms with Gasteiger partial charge in [0.15, 0.2) is 0 Å². The molecule has 0 saturated carbocycles.